The van der Waals surface area contributed by atoms with Gasteiger partial charge in [0.1, 0.15) is 23.9 Å². The van der Waals surface area contributed by atoms with Crippen LogP contribution in [-0.2, 0) is 17.8 Å². The second kappa shape index (κ2) is 11.8. The molecule has 6 heteroatoms. The number of hydrogen-bond donors (Lipinski definition) is 1. The van der Waals surface area contributed by atoms with Gasteiger partial charge in [-0.25, -0.2) is 4.98 Å². The van der Waals surface area contributed by atoms with Crippen LogP contribution in [0.25, 0.3) is 11.0 Å². The number of hydrogen-bond acceptors (Lipinski definition) is 4. The summed E-state index contributed by atoms with van der Waals surface area (Å²) in [5.41, 5.74) is 6.60. The van der Waals surface area contributed by atoms with Crippen LogP contribution in [0.4, 0.5) is 0 Å². The van der Waals surface area contributed by atoms with Crippen LogP contribution >= 0.6 is 0 Å². The van der Waals surface area contributed by atoms with Crippen molar-refractivity contribution >= 4 is 16.9 Å². The van der Waals surface area contributed by atoms with E-state index < -0.39 is 0 Å². The van der Waals surface area contributed by atoms with Crippen molar-refractivity contribution in [1.29, 1.82) is 0 Å². The van der Waals surface area contributed by atoms with Crippen LogP contribution in [0.15, 0.2) is 60.7 Å². The van der Waals surface area contributed by atoms with Gasteiger partial charge in [0.05, 0.1) is 17.6 Å². The molecule has 0 spiro atoms. The smallest absolute Gasteiger partial charge is 0.257 e. The van der Waals surface area contributed by atoms with Gasteiger partial charge in [-0.15, -0.1) is 0 Å². The Labute approximate surface area is 213 Å². The summed E-state index contributed by atoms with van der Waals surface area (Å²) in [6, 6.07) is 20.4. The highest BCUT2D eigenvalue weighted by Gasteiger charge is 2.11. The molecule has 0 saturated carbocycles. The third kappa shape index (κ3) is 6.66. The Balaban J connectivity index is 1.30. The molecule has 1 N–H and O–H groups in total. The minimum absolute atomic E-state index is 0.0125. The molecule has 3 aromatic carbocycles. The molecule has 0 bridgehead atoms. The SMILES string of the molecule is Cc1cc(C)cc(OCCn2c(CCCNC(=O)COc3cc(C)ccc3C)nc3ccccc32)c1. The number of amides is 1. The predicted molar refractivity (Wildman–Crippen MR) is 144 cm³/mol. The van der Waals surface area contributed by atoms with Gasteiger partial charge in [0, 0.05) is 13.0 Å². The lowest BCUT2D eigenvalue weighted by atomic mass is 10.1. The van der Waals surface area contributed by atoms with E-state index in [4.69, 9.17) is 14.5 Å². The quantitative estimate of drug-likeness (QED) is 0.286. The van der Waals surface area contributed by atoms with E-state index in [1.165, 1.54) is 11.1 Å². The van der Waals surface area contributed by atoms with Crippen molar-refractivity contribution in [2.75, 3.05) is 19.8 Å². The maximum absolute atomic E-state index is 12.3. The van der Waals surface area contributed by atoms with Gasteiger partial charge >= 0.3 is 0 Å². The Morgan fingerprint density at radius 3 is 2.50 bits per heavy atom. The first-order chi connectivity index (χ1) is 17.4. The van der Waals surface area contributed by atoms with E-state index >= 15 is 0 Å². The molecule has 0 radical (unpaired) electrons. The number of carbonyl (C=O) groups is 1. The fraction of sp³-hybridized carbons (Fsp3) is 0.333. The first kappa shape index (κ1) is 25.3. The molecular weight excluding hydrogens is 450 g/mol. The molecule has 0 atom stereocenters. The zero-order valence-corrected chi connectivity index (χ0v) is 21.6. The number of nitrogens with one attached hydrogen (secondary N) is 1. The van der Waals surface area contributed by atoms with Crippen molar-refractivity contribution in [3.05, 3.63) is 88.7 Å². The van der Waals surface area contributed by atoms with Crippen molar-refractivity contribution < 1.29 is 14.3 Å². The third-order valence-electron chi connectivity index (χ3n) is 6.11. The lowest BCUT2D eigenvalue weighted by Gasteiger charge is -2.12. The molecular formula is C30H35N3O3. The van der Waals surface area contributed by atoms with Crippen molar-refractivity contribution in [1.82, 2.24) is 14.9 Å². The van der Waals surface area contributed by atoms with Gasteiger partial charge < -0.3 is 19.4 Å². The van der Waals surface area contributed by atoms with E-state index in [1.54, 1.807) is 0 Å². The molecule has 36 heavy (non-hydrogen) atoms. The molecule has 4 rings (SSSR count). The number of fused-ring (bicyclic) bond motifs is 1. The maximum atomic E-state index is 12.3. The van der Waals surface area contributed by atoms with Crippen LogP contribution in [0.3, 0.4) is 0 Å². The zero-order valence-electron chi connectivity index (χ0n) is 21.6. The Bertz CT molecular complexity index is 1320. The second-order valence-corrected chi connectivity index (χ2v) is 9.35. The summed E-state index contributed by atoms with van der Waals surface area (Å²) in [6.45, 7) is 9.99. The molecule has 1 aromatic heterocycles. The molecule has 0 fully saturated rings. The number of imidazole rings is 1. The summed E-state index contributed by atoms with van der Waals surface area (Å²) >= 11 is 0. The Morgan fingerprint density at radius 1 is 0.917 bits per heavy atom. The summed E-state index contributed by atoms with van der Waals surface area (Å²) in [7, 11) is 0. The van der Waals surface area contributed by atoms with Crippen LogP contribution in [0, 0.1) is 27.7 Å². The molecule has 0 aliphatic heterocycles. The Morgan fingerprint density at radius 2 is 1.69 bits per heavy atom. The summed E-state index contributed by atoms with van der Waals surface area (Å²) < 4.78 is 14.0. The van der Waals surface area contributed by atoms with Crippen molar-refractivity contribution in [2.24, 2.45) is 0 Å². The first-order valence-electron chi connectivity index (χ1n) is 12.5. The molecule has 188 valence electrons. The number of nitrogens with zero attached hydrogens (tertiary/aromatic N) is 2. The minimum Gasteiger partial charge on any atom is -0.492 e. The lowest BCUT2D eigenvalue weighted by Crippen LogP contribution is -2.30. The fourth-order valence-corrected chi connectivity index (χ4v) is 4.37. The molecule has 0 aliphatic carbocycles. The maximum Gasteiger partial charge on any atom is 0.257 e. The average molecular weight is 486 g/mol. The highest BCUT2D eigenvalue weighted by atomic mass is 16.5. The van der Waals surface area contributed by atoms with Crippen LogP contribution in [0.5, 0.6) is 11.5 Å². The van der Waals surface area contributed by atoms with Crippen LogP contribution in [0.2, 0.25) is 0 Å². The molecule has 0 unspecified atom stereocenters. The van der Waals surface area contributed by atoms with E-state index in [-0.39, 0.29) is 12.5 Å². The highest BCUT2D eigenvalue weighted by Crippen LogP contribution is 2.20. The van der Waals surface area contributed by atoms with Crippen LogP contribution in [0.1, 0.15) is 34.5 Å². The van der Waals surface area contributed by atoms with Gasteiger partial charge in [-0.05, 0) is 86.7 Å². The van der Waals surface area contributed by atoms with Gasteiger partial charge in [0.25, 0.3) is 5.91 Å². The largest absolute Gasteiger partial charge is 0.492 e. The highest BCUT2D eigenvalue weighted by molar-refractivity contribution is 5.77. The van der Waals surface area contributed by atoms with E-state index in [0.717, 1.165) is 52.3 Å². The minimum atomic E-state index is -0.119. The van der Waals surface area contributed by atoms with E-state index in [9.17, 15) is 4.79 Å². The average Bonchev–Trinajstić information content (AvgIpc) is 3.19. The number of aromatic nitrogens is 2. The third-order valence-corrected chi connectivity index (χ3v) is 6.11. The molecule has 0 saturated heterocycles. The number of carbonyl (C=O) groups excluding carboxylic acids is 1. The lowest BCUT2D eigenvalue weighted by molar-refractivity contribution is -0.123. The van der Waals surface area contributed by atoms with E-state index in [2.05, 4.69) is 48.0 Å². The van der Waals surface area contributed by atoms with Gasteiger partial charge in [-0.3, -0.25) is 4.79 Å². The molecule has 6 nitrogen and oxygen atoms in total. The molecule has 1 amide bonds. The second-order valence-electron chi connectivity index (χ2n) is 9.35. The summed E-state index contributed by atoms with van der Waals surface area (Å²) in [5, 5.41) is 2.96. The molecule has 0 aliphatic rings. The van der Waals surface area contributed by atoms with E-state index in [1.807, 2.05) is 50.2 Å². The van der Waals surface area contributed by atoms with Crippen molar-refractivity contribution in [3.63, 3.8) is 0 Å². The topological polar surface area (TPSA) is 65.4 Å². The zero-order chi connectivity index (χ0) is 25.5. The Kier molecular flexibility index (Phi) is 8.26. The monoisotopic (exact) mass is 485 g/mol. The first-order valence-corrected chi connectivity index (χ1v) is 12.5. The molecule has 1 heterocycles. The van der Waals surface area contributed by atoms with Gasteiger partial charge in [0.15, 0.2) is 6.61 Å². The fourth-order valence-electron chi connectivity index (χ4n) is 4.37. The standard InChI is InChI=1S/C30H35N3O3/c1-21-11-12-24(4)28(19-21)36-20-30(34)31-13-7-10-29-32-26-8-5-6-9-27(26)33(29)14-15-35-25-17-22(2)16-23(3)18-25/h5-6,8-9,11-12,16-19H,7,10,13-15,20H2,1-4H3,(H,31,34). The summed E-state index contributed by atoms with van der Waals surface area (Å²) in [6.07, 6.45) is 1.55. The van der Waals surface area contributed by atoms with Gasteiger partial charge in [0.2, 0.25) is 0 Å². The predicted octanol–water partition coefficient (Wildman–Crippen LogP) is 5.48. The number of rotatable bonds is 11. The summed E-state index contributed by atoms with van der Waals surface area (Å²) in [5.74, 6) is 2.53. The van der Waals surface area contributed by atoms with E-state index in [0.29, 0.717) is 19.7 Å². The van der Waals surface area contributed by atoms with Crippen molar-refractivity contribution in [2.45, 2.75) is 47.1 Å². The van der Waals surface area contributed by atoms with Crippen molar-refractivity contribution in [3.8, 4) is 11.5 Å². The number of para-hydroxylation sites is 2. The van der Waals surface area contributed by atoms with Gasteiger partial charge in [-0.1, -0.05) is 30.3 Å². The number of benzene rings is 3. The number of aryl methyl sites for hydroxylation is 5. The van der Waals surface area contributed by atoms with Crippen LogP contribution < -0.4 is 14.8 Å². The summed E-state index contributed by atoms with van der Waals surface area (Å²) in [4.78, 5) is 17.1. The normalized spacial score (nSPS) is 11.0. The molecule has 4 aromatic rings. The number of ether oxygens (including phenoxy) is 2. The van der Waals surface area contributed by atoms with Gasteiger partial charge in [-0.2, -0.15) is 0 Å². The van der Waals surface area contributed by atoms with Crippen LogP contribution in [-0.4, -0.2) is 35.2 Å². The Hall–Kier alpha value is -3.80.